The van der Waals surface area contributed by atoms with Crippen LogP contribution in [0.5, 0.6) is 0 Å². The van der Waals surface area contributed by atoms with E-state index in [0.717, 1.165) is 24.0 Å². The third-order valence-electron chi connectivity index (χ3n) is 4.44. The number of aryl methyl sites for hydroxylation is 1. The fraction of sp³-hybridized carbons (Fsp3) is 0.562. The Hall–Kier alpha value is -1.51. The van der Waals surface area contributed by atoms with E-state index in [1.165, 1.54) is 37.0 Å². The van der Waals surface area contributed by atoms with E-state index in [-0.39, 0.29) is 5.54 Å². The number of rotatable bonds is 3. The van der Waals surface area contributed by atoms with Crippen molar-refractivity contribution < 1.29 is 0 Å². The molecule has 2 aromatic rings. The summed E-state index contributed by atoms with van der Waals surface area (Å²) in [5, 5.41) is 0. The topological polar surface area (TPSA) is 43.8 Å². The summed E-state index contributed by atoms with van der Waals surface area (Å²) in [6.07, 6.45) is 7.37. The summed E-state index contributed by atoms with van der Waals surface area (Å²) in [5.74, 6) is 1.23. The van der Waals surface area contributed by atoms with Crippen LogP contribution in [0.2, 0.25) is 0 Å². The third-order valence-corrected chi connectivity index (χ3v) is 4.44. The molecule has 1 aliphatic carbocycles. The van der Waals surface area contributed by atoms with Crippen LogP contribution in [0.1, 0.15) is 51.8 Å². The molecule has 0 unspecified atom stereocenters. The van der Waals surface area contributed by atoms with Crippen molar-refractivity contribution >= 4 is 16.7 Å². The molecule has 1 aliphatic rings. The van der Waals surface area contributed by atoms with Crippen molar-refractivity contribution in [3.05, 3.63) is 24.0 Å². The molecule has 0 amide bonds. The molecule has 1 saturated carbocycles. The van der Waals surface area contributed by atoms with Crippen LogP contribution in [0, 0.1) is 0 Å². The van der Waals surface area contributed by atoms with E-state index in [2.05, 4.69) is 24.5 Å². The Labute approximate surface area is 114 Å². The maximum atomic E-state index is 5.89. The minimum Gasteiger partial charge on any atom is -0.399 e. The molecular weight excluding hydrogens is 234 g/mol. The predicted molar refractivity (Wildman–Crippen MR) is 80.3 cm³/mol. The largest absolute Gasteiger partial charge is 0.399 e. The number of anilines is 1. The highest BCUT2D eigenvalue weighted by Crippen LogP contribution is 2.39. The Morgan fingerprint density at radius 3 is 2.74 bits per heavy atom. The highest BCUT2D eigenvalue weighted by Gasteiger charge is 2.33. The number of nitrogens with zero attached hydrogens (tertiary/aromatic N) is 2. The zero-order chi connectivity index (χ0) is 13.5. The summed E-state index contributed by atoms with van der Waals surface area (Å²) >= 11 is 0. The number of nitrogen functional groups attached to an aromatic ring is 1. The number of hydrogen-bond acceptors (Lipinski definition) is 2. The van der Waals surface area contributed by atoms with Crippen molar-refractivity contribution in [3.8, 4) is 0 Å². The first-order valence-corrected chi connectivity index (χ1v) is 7.41. The van der Waals surface area contributed by atoms with Gasteiger partial charge in [-0.15, -0.1) is 0 Å². The van der Waals surface area contributed by atoms with Gasteiger partial charge in [0.1, 0.15) is 5.82 Å². The predicted octanol–water partition coefficient (Wildman–Crippen LogP) is 3.86. The Kier molecular flexibility index (Phi) is 3.00. The molecule has 1 aromatic heterocycles. The maximum Gasteiger partial charge on any atom is 0.110 e. The molecule has 0 aliphatic heterocycles. The van der Waals surface area contributed by atoms with Crippen LogP contribution in [-0.2, 0) is 12.0 Å². The summed E-state index contributed by atoms with van der Waals surface area (Å²) in [5.41, 5.74) is 9.25. The Morgan fingerprint density at radius 2 is 2.05 bits per heavy atom. The molecule has 3 nitrogen and oxygen atoms in total. The smallest absolute Gasteiger partial charge is 0.110 e. The fourth-order valence-electron chi connectivity index (χ4n) is 3.50. The van der Waals surface area contributed by atoms with Crippen molar-refractivity contribution in [2.45, 2.75) is 57.9 Å². The van der Waals surface area contributed by atoms with Gasteiger partial charge in [-0.2, -0.15) is 0 Å². The highest BCUT2D eigenvalue weighted by atomic mass is 15.1. The lowest BCUT2D eigenvalue weighted by atomic mass is 9.99. The Balaban J connectivity index is 2.21. The van der Waals surface area contributed by atoms with Crippen molar-refractivity contribution in [2.75, 3.05) is 5.73 Å². The summed E-state index contributed by atoms with van der Waals surface area (Å²) in [4.78, 5) is 4.84. The third kappa shape index (κ3) is 2.01. The van der Waals surface area contributed by atoms with Gasteiger partial charge in [-0.05, 0) is 44.4 Å². The molecule has 0 spiro atoms. The molecule has 3 rings (SSSR count). The van der Waals surface area contributed by atoms with E-state index >= 15 is 0 Å². The number of fused-ring (bicyclic) bond motifs is 1. The van der Waals surface area contributed by atoms with Gasteiger partial charge in [-0.1, -0.05) is 19.8 Å². The summed E-state index contributed by atoms with van der Waals surface area (Å²) in [6, 6.07) is 6.14. The van der Waals surface area contributed by atoms with Crippen molar-refractivity contribution in [1.82, 2.24) is 9.55 Å². The SMILES string of the molecule is CCCc1nc2cc(N)ccc2n1C1(C)CCCC1. The van der Waals surface area contributed by atoms with Crippen LogP contribution >= 0.6 is 0 Å². The second kappa shape index (κ2) is 4.55. The molecule has 0 bridgehead atoms. The van der Waals surface area contributed by atoms with E-state index in [1.54, 1.807) is 0 Å². The van der Waals surface area contributed by atoms with Gasteiger partial charge in [0.25, 0.3) is 0 Å². The van der Waals surface area contributed by atoms with Crippen LogP contribution in [0.15, 0.2) is 18.2 Å². The van der Waals surface area contributed by atoms with Gasteiger partial charge in [0.2, 0.25) is 0 Å². The molecule has 1 heterocycles. The van der Waals surface area contributed by atoms with E-state index < -0.39 is 0 Å². The van der Waals surface area contributed by atoms with E-state index in [4.69, 9.17) is 10.7 Å². The summed E-state index contributed by atoms with van der Waals surface area (Å²) < 4.78 is 2.50. The van der Waals surface area contributed by atoms with Crippen LogP contribution < -0.4 is 5.73 Å². The van der Waals surface area contributed by atoms with Gasteiger partial charge in [-0.3, -0.25) is 0 Å². The monoisotopic (exact) mass is 257 g/mol. The minimum atomic E-state index is 0.245. The van der Waals surface area contributed by atoms with E-state index in [9.17, 15) is 0 Å². The molecule has 102 valence electrons. The zero-order valence-corrected chi connectivity index (χ0v) is 11.9. The highest BCUT2D eigenvalue weighted by molar-refractivity contribution is 5.80. The fourth-order valence-corrected chi connectivity index (χ4v) is 3.50. The Bertz CT molecular complexity index is 591. The molecule has 1 aromatic carbocycles. The zero-order valence-electron chi connectivity index (χ0n) is 11.9. The standard InChI is InChI=1S/C16H23N3/c1-3-6-15-18-13-11-12(17)7-8-14(13)19(15)16(2)9-4-5-10-16/h7-8,11H,3-6,9-10,17H2,1-2H3. The van der Waals surface area contributed by atoms with Gasteiger partial charge in [0.15, 0.2) is 0 Å². The number of imidazole rings is 1. The lowest BCUT2D eigenvalue weighted by Gasteiger charge is -2.29. The van der Waals surface area contributed by atoms with Gasteiger partial charge >= 0.3 is 0 Å². The average molecular weight is 257 g/mol. The first-order chi connectivity index (χ1) is 9.14. The van der Waals surface area contributed by atoms with E-state index in [0.29, 0.717) is 0 Å². The number of nitrogens with two attached hydrogens (primary N) is 1. The molecular formula is C16H23N3. The molecule has 1 fully saturated rings. The maximum absolute atomic E-state index is 5.89. The molecule has 0 radical (unpaired) electrons. The molecule has 2 N–H and O–H groups in total. The van der Waals surface area contributed by atoms with Gasteiger partial charge in [-0.25, -0.2) is 4.98 Å². The number of benzene rings is 1. The van der Waals surface area contributed by atoms with Gasteiger partial charge in [0, 0.05) is 17.6 Å². The van der Waals surface area contributed by atoms with Gasteiger partial charge < -0.3 is 10.3 Å². The molecule has 0 atom stereocenters. The lowest BCUT2D eigenvalue weighted by molar-refractivity contribution is 0.327. The summed E-state index contributed by atoms with van der Waals surface area (Å²) in [6.45, 7) is 4.60. The summed E-state index contributed by atoms with van der Waals surface area (Å²) in [7, 11) is 0. The van der Waals surface area contributed by atoms with E-state index in [1.807, 2.05) is 12.1 Å². The minimum absolute atomic E-state index is 0.245. The lowest BCUT2D eigenvalue weighted by Crippen LogP contribution is -2.28. The Morgan fingerprint density at radius 1 is 1.32 bits per heavy atom. The van der Waals surface area contributed by atoms with Crippen molar-refractivity contribution in [3.63, 3.8) is 0 Å². The van der Waals surface area contributed by atoms with Crippen molar-refractivity contribution in [1.29, 1.82) is 0 Å². The number of aromatic nitrogens is 2. The number of hydrogen-bond donors (Lipinski definition) is 1. The first-order valence-electron chi connectivity index (χ1n) is 7.41. The first kappa shape index (κ1) is 12.5. The van der Waals surface area contributed by atoms with Gasteiger partial charge in [0.05, 0.1) is 11.0 Å². The molecule has 3 heteroatoms. The quantitative estimate of drug-likeness (QED) is 0.848. The van der Waals surface area contributed by atoms with Crippen molar-refractivity contribution in [2.24, 2.45) is 0 Å². The van der Waals surface area contributed by atoms with Crippen LogP contribution in [-0.4, -0.2) is 9.55 Å². The van der Waals surface area contributed by atoms with Crippen LogP contribution in [0.25, 0.3) is 11.0 Å². The molecule has 0 saturated heterocycles. The second-order valence-corrected chi connectivity index (χ2v) is 6.07. The average Bonchev–Trinajstić information content (AvgIpc) is 2.93. The van der Waals surface area contributed by atoms with Crippen LogP contribution in [0.3, 0.4) is 0 Å². The molecule has 19 heavy (non-hydrogen) atoms. The normalized spacial score (nSPS) is 18.2. The second-order valence-electron chi connectivity index (χ2n) is 6.07. The van der Waals surface area contributed by atoms with Crippen LogP contribution in [0.4, 0.5) is 5.69 Å².